The maximum atomic E-state index is 9.37. The van der Waals surface area contributed by atoms with Gasteiger partial charge in [-0.05, 0) is 32.0 Å². The molecule has 0 radical (unpaired) electrons. The fraction of sp³-hybridized carbons (Fsp3) is 1.00. The highest BCUT2D eigenvalue weighted by Gasteiger charge is 2.45. The third-order valence-electron chi connectivity index (χ3n) is 4.48. The lowest BCUT2D eigenvalue weighted by atomic mass is 10.0. The summed E-state index contributed by atoms with van der Waals surface area (Å²) in [5.74, 6) is -0.556. The Morgan fingerprint density at radius 2 is 1.80 bits per heavy atom. The van der Waals surface area contributed by atoms with E-state index >= 15 is 0 Å². The van der Waals surface area contributed by atoms with Crippen LogP contribution in [-0.4, -0.2) is 44.6 Å². The Bertz CT molecular complexity index is 322. The summed E-state index contributed by atoms with van der Waals surface area (Å²) >= 11 is 0. The topological polar surface area (TPSA) is 47.9 Å². The molecule has 3 atom stereocenters. The van der Waals surface area contributed by atoms with Crippen LogP contribution in [0.15, 0.2) is 0 Å². The van der Waals surface area contributed by atoms with Crippen LogP contribution in [0.4, 0.5) is 0 Å². The highest BCUT2D eigenvalue weighted by atomic mass is 28.4. The van der Waals surface area contributed by atoms with Crippen LogP contribution < -0.4 is 0 Å². The van der Waals surface area contributed by atoms with Crippen LogP contribution in [0.1, 0.15) is 41.5 Å². The molecule has 0 amide bonds. The van der Waals surface area contributed by atoms with Gasteiger partial charge in [-0.1, -0.05) is 27.7 Å². The van der Waals surface area contributed by atoms with E-state index < -0.39 is 14.1 Å². The Balaban J connectivity index is 2.70. The summed E-state index contributed by atoms with van der Waals surface area (Å²) in [7, 11) is -1.79. The summed E-state index contributed by atoms with van der Waals surface area (Å²) < 4.78 is 18.1. The lowest BCUT2D eigenvalue weighted by Gasteiger charge is -2.37. The number of aliphatic hydroxyl groups excluding tert-OH is 1. The molecule has 1 rings (SSSR count). The molecule has 0 saturated carbocycles. The largest absolute Gasteiger partial charge is 0.414 e. The van der Waals surface area contributed by atoms with Crippen LogP contribution in [0.25, 0.3) is 0 Å². The van der Waals surface area contributed by atoms with Gasteiger partial charge in [-0.2, -0.15) is 0 Å². The minimum absolute atomic E-state index is 0.0461. The Morgan fingerprint density at radius 1 is 1.25 bits per heavy atom. The van der Waals surface area contributed by atoms with Crippen molar-refractivity contribution < 1.29 is 19.0 Å². The van der Waals surface area contributed by atoms with Crippen LogP contribution >= 0.6 is 0 Å². The van der Waals surface area contributed by atoms with Gasteiger partial charge in [0.1, 0.15) is 6.10 Å². The van der Waals surface area contributed by atoms with Gasteiger partial charge in [-0.15, -0.1) is 0 Å². The second-order valence-electron chi connectivity index (χ2n) is 7.87. The second-order valence-corrected chi connectivity index (χ2v) is 12.7. The predicted octanol–water partition coefficient (Wildman–Crippen LogP) is 3.16. The highest BCUT2D eigenvalue weighted by Crippen LogP contribution is 2.38. The van der Waals surface area contributed by atoms with Gasteiger partial charge in [0.2, 0.25) is 0 Å². The molecule has 0 spiro atoms. The molecule has 1 aliphatic rings. The Kier molecular flexibility index (Phi) is 5.47. The third-order valence-corrected chi connectivity index (χ3v) is 8.99. The fourth-order valence-corrected chi connectivity index (χ4v) is 3.10. The van der Waals surface area contributed by atoms with E-state index in [0.717, 1.165) is 0 Å². The zero-order chi connectivity index (χ0) is 15.8. The van der Waals surface area contributed by atoms with Crippen LogP contribution in [0.3, 0.4) is 0 Å². The first-order valence-corrected chi connectivity index (χ1v) is 10.4. The van der Waals surface area contributed by atoms with E-state index in [-0.39, 0.29) is 29.8 Å². The molecule has 4 nitrogen and oxygen atoms in total. The molecule has 1 heterocycles. The zero-order valence-electron chi connectivity index (χ0n) is 14.3. The average molecular weight is 305 g/mol. The molecule has 1 unspecified atom stereocenters. The molecule has 1 fully saturated rings. The lowest BCUT2D eigenvalue weighted by molar-refractivity contribution is -0.152. The van der Waals surface area contributed by atoms with Crippen molar-refractivity contribution in [3.63, 3.8) is 0 Å². The number of ether oxygens (including phenoxy) is 2. The van der Waals surface area contributed by atoms with E-state index in [1.165, 1.54) is 0 Å². The van der Waals surface area contributed by atoms with E-state index in [9.17, 15) is 5.11 Å². The van der Waals surface area contributed by atoms with Gasteiger partial charge in [-0.25, -0.2) is 0 Å². The third kappa shape index (κ3) is 4.27. The summed E-state index contributed by atoms with van der Waals surface area (Å²) in [5, 5.41) is 9.55. The quantitative estimate of drug-likeness (QED) is 0.793. The van der Waals surface area contributed by atoms with Crippen molar-refractivity contribution in [3.05, 3.63) is 0 Å². The van der Waals surface area contributed by atoms with Gasteiger partial charge >= 0.3 is 0 Å². The molecule has 1 N–H and O–H groups in total. The second kappa shape index (κ2) is 6.05. The molecule has 0 aliphatic carbocycles. The van der Waals surface area contributed by atoms with Crippen molar-refractivity contribution in [3.8, 4) is 0 Å². The van der Waals surface area contributed by atoms with Crippen molar-refractivity contribution in [2.75, 3.05) is 13.2 Å². The van der Waals surface area contributed by atoms with Crippen molar-refractivity contribution in [2.45, 2.75) is 77.7 Å². The molecule has 0 aromatic rings. The molecule has 0 aromatic heterocycles. The Labute approximate surface area is 124 Å². The smallest absolute Gasteiger partial charge is 0.192 e. The zero-order valence-corrected chi connectivity index (χ0v) is 15.3. The van der Waals surface area contributed by atoms with E-state index in [1.54, 1.807) is 0 Å². The molecule has 1 saturated heterocycles. The molecule has 20 heavy (non-hydrogen) atoms. The number of hydrogen-bond donors (Lipinski definition) is 1. The van der Waals surface area contributed by atoms with Gasteiger partial charge in [0, 0.05) is 12.5 Å². The number of rotatable bonds is 5. The SMILES string of the molecule is CC(CO)[C@H]1OC(C)(C)O[C@@H]1CO[Si](C)(C)C(C)(C)C. The molecular weight excluding hydrogens is 272 g/mol. The predicted molar refractivity (Wildman–Crippen MR) is 83.2 cm³/mol. The van der Waals surface area contributed by atoms with Crippen molar-refractivity contribution in [2.24, 2.45) is 5.92 Å². The summed E-state index contributed by atoms with van der Waals surface area (Å²) in [5.41, 5.74) is 0. The van der Waals surface area contributed by atoms with Gasteiger partial charge in [-0.3, -0.25) is 0 Å². The first kappa shape index (κ1) is 18.1. The fourth-order valence-electron chi connectivity index (χ4n) is 2.09. The summed E-state index contributed by atoms with van der Waals surface area (Å²) in [6.45, 7) is 17.6. The number of hydrogen-bond acceptors (Lipinski definition) is 4. The van der Waals surface area contributed by atoms with Crippen molar-refractivity contribution in [1.29, 1.82) is 0 Å². The minimum atomic E-state index is -1.79. The summed E-state index contributed by atoms with van der Waals surface area (Å²) in [6.07, 6.45) is -0.221. The van der Waals surface area contributed by atoms with Crippen molar-refractivity contribution >= 4 is 8.32 Å². The first-order chi connectivity index (χ1) is 8.89. The first-order valence-electron chi connectivity index (χ1n) is 7.50. The van der Waals surface area contributed by atoms with E-state index in [0.29, 0.717) is 6.61 Å². The maximum Gasteiger partial charge on any atom is 0.192 e. The molecule has 0 bridgehead atoms. The van der Waals surface area contributed by atoms with Crippen LogP contribution in [0, 0.1) is 5.92 Å². The Hall–Kier alpha value is 0.0569. The molecule has 120 valence electrons. The van der Waals surface area contributed by atoms with Crippen LogP contribution in [-0.2, 0) is 13.9 Å². The Morgan fingerprint density at radius 3 is 2.25 bits per heavy atom. The normalized spacial score (nSPS) is 28.6. The molecule has 5 heteroatoms. The molecule has 0 aromatic carbocycles. The number of aliphatic hydroxyl groups is 1. The summed E-state index contributed by atoms with van der Waals surface area (Å²) in [6, 6.07) is 0. The maximum absolute atomic E-state index is 9.37. The highest BCUT2D eigenvalue weighted by molar-refractivity contribution is 6.74. The van der Waals surface area contributed by atoms with E-state index in [4.69, 9.17) is 13.9 Å². The lowest BCUT2D eigenvalue weighted by Crippen LogP contribution is -2.45. The monoisotopic (exact) mass is 304 g/mol. The van der Waals surface area contributed by atoms with E-state index in [2.05, 4.69) is 33.9 Å². The molecule has 1 aliphatic heterocycles. The molecular formula is C15H32O4Si. The van der Waals surface area contributed by atoms with E-state index in [1.807, 2.05) is 20.8 Å². The van der Waals surface area contributed by atoms with Gasteiger partial charge in [0.15, 0.2) is 14.1 Å². The van der Waals surface area contributed by atoms with Gasteiger partial charge in [0.25, 0.3) is 0 Å². The minimum Gasteiger partial charge on any atom is -0.414 e. The van der Waals surface area contributed by atoms with Crippen molar-refractivity contribution in [1.82, 2.24) is 0 Å². The standard InChI is InChI=1S/C15H32O4Si/c1-11(9-16)13-12(18-15(5,6)19-13)10-17-20(7,8)14(2,3)4/h11-13,16H,9-10H2,1-8H3/t11?,12-,13-/m1/s1. The van der Waals surface area contributed by atoms with Crippen LogP contribution in [0.2, 0.25) is 18.1 Å². The van der Waals surface area contributed by atoms with Gasteiger partial charge < -0.3 is 19.0 Å². The van der Waals surface area contributed by atoms with Crippen LogP contribution in [0.5, 0.6) is 0 Å². The summed E-state index contributed by atoms with van der Waals surface area (Å²) in [4.78, 5) is 0. The average Bonchev–Trinajstić information content (AvgIpc) is 2.59. The van der Waals surface area contributed by atoms with Gasteiger partial charge in [0.05, 0.1) is 12.7 Å².